The van der Waals surface area contributed by atoms with Crippen LogP contribution in [0.4, 0.5) is 5.82 Å². The first kappa shape index (κ1) is 12.3. The molecule has 0 atom stereocenters. The summed E-state index contributed by atoms with van der Waals surface area (Å²) in [5.74, 6) is 0.341. The lowest BCUT2D eigenvalue weighted by atomic mass is 10.3. The highest BCUT2D eigenvalue weighted by Crippen LogP contribution is 2.21. The van der Waals surface area contributed by atoms with Crippen LogP contribution in [0, 0.1) is 0 Å². The number of anilines is 1. The summed E-state index contributed by atoms with van der Waals surface area (Å²) >= 11 is 0. The molecule has 0 aliphatic carbocycles. The van der Waals surface area contributed by atoms with Crippen molar-refractivity contribution in [2.24, 2.45) is 0 Å². The van der Waals surface area contributed by atoms with Gasteiger partial charge in [-0.25, -0.2) is 15.0 Å². The van der Waals surface area contributed by atoms with E-state index in [-0.39, 0.29) is 18.6 Å². The summed E-state index contributed by atoms with van der Waals surface area (Å²) in [4.78, 5) is 28.6. The second-order valence-corrected chi connectivity index (χ2v) is 4.10. The van der Waals surface area contributed by atoms with Crippen molar-refractivity contribution < 1.29 is 9.53 Å². The number of fused-ring (bicyclic) bond motifs is 1. The first-order valence-corrected chi connectivity index (χ1v) is 5.61. The number of rotatable bonds is 4. The minimum absolute atomic E-state index is 0.102. The molecular formula is C11H15N5O2. The molecule has 2 aromatic heterocycles. The van der Waals surface area contributed by atoms with E-state index in [2.05, 4.69) is 19.9 Å². The molecular weight excluding hydrogens is 234 g/mol. The van der Waals surface area contributed by atoms with Crippen LogP contribution in [0.5, 0.6) is 0 Å². The summed E-state index contributed by atoms with van der Waals surface area (Å²) in [6.45, 7) is 4.10. The largest absolute Gasteiger partial charge is 0.468 e. The van der Waals surface area contributed by atoms with E-state index in [1.807, 2.05) is 18.7 Å². The molecule has 2 rings (SSSR count). The van der Waals surface area contributed by atoms with Crippen molar-refractivity contribution in [2.45, 2.75) is 19.9 Å². The third-order valence-corrected chi connectivity index (χ3v) is 2.63. The normalized spacial score (nSPS) is 10.9. The van der Waals surface area contributed by atoms with Crippen LogP contribution in [0.1, 0.15) is 13.8 Å². The molecule has 7 nitrogen and oxygen atoms in total. The SMILES string of the molecule is COC(=O)CN(c1ncnc2nc[nH]c12)C(C)C. The first-order chi connectivity index (χ1) is 8.63. The van der Waals surface area contributed by atoms with Gasteiger partial charge in [0, 0.05) is 6.04 Å². The molecule has 96 valence electrons. The van der Waals surface area contributed by atoms with Gasteiger partial charge in [-0.1, -0.05) is 0 Å². The van der Waals surface area contributed by atoms with E-state index in [0.29, 0.717) is 11.5 Å². The molecule has 2 aromatic rings. The number of imidazole rings is 1. The van der Waals surface area contributed by atoms with Crippen molar-refractivity contribution in [3.05, 3.63) is 12.7 Å². The van der Waals surface area contributed by atoms with Crippen LogP contribution >= 0.6 is 0 Å². The monoisotopic (exact) mass is 249 g/mol. The summed E-state index contributed by atoms with van der Waals surface area (Å²) in [6, 6.07) is 0.102. The average molecular weight is 249 g/mol. The van der Waals surface area contributed by atoms with E-state index >= 15 is 0 Å². The molecule has 0 aliphatic heterocycles. The fourth-order valence-corrected chi connectivity index (χ4v) is 1.68. The molecule has 0 saturated heterocycles. The van der Waals surface area contributed by atoms with Crippen LogP contribution in [-0.4, -0.2) is 45.6 Å². The zero-order valence-corrected chi connectivity index (χ0v) is 10.5. The number of nitrogens with one attached hydrogen (secondary N) is 1. The van der Waals surface area contributed by atoms with E-state index in [9.17, 15) is 4.79 Å². The van der Waals surface area contributed by atoms with Gasteiger partial charge in [-0.05, 0) is 13.8 Å². The maximum Gasteiger partial charge on any atom is 0.325 e. The van der Waals surface area contributed by atoms with Crippen molar-refractivity contribution >= 4 is 23.0 Å². The Kier molecular flexibility index (Phi) is 3.40. The van der Waals surface area contributed by atoms with Crippen molar-refractivity contribution in [3.63, 3.8) is 0 Å². The highest BCUT2D eigenvalue weighted by atomic mass is 16.5. The molecule has 0 unspecified atom stereocenters. The molecule has 0 bridgehead atoms. The minimum Gasteiger partial charge on any atom is -0.468 e. The Hall–Kier alpha value is -2.18. The third-order valence-electron chi connectivity index (χ3n) is 2.63. The lowest BCUT2D eigenvalue weighted by molar-refractivity contribution is -0.139. The number of hydrogen-bond donors (Lipinski definition) is 1. The van der Waals surface area contributed by atoms with Crippen molar-refractivity contribution in [1.29, 1.82) is 0 Å². The fourth-order valence-electron chi connectivity index (χ4n) is 1.68. The zero-order chi connectivity index (χ0) is 13.1. The van der Waals surface area contributed by atoms with Gasteiger partial charge in [0.2, 0.25) is 0 Å². The third kappa shape index (κ3) is 2.24. The van der Waals surface area contributed by atoms with E-state index in [1.165, 1.54) is 13.4 Å². The predicted octanol–water partition coefficient (Wildman–Crippen LogP) is 0.741. The number of hydrogen-bond acceptors (Lipinski definition) is 6. The topological polar surface area (TPSA) is 84.0 Å². The number of carbonyl (C=O) groups is 1. The van der Waals surface area contributed by atoms with Crippen LogP contribution in [0.3, 0.4) is 0 Å². The number of H-pyrrole nitrogens is 1. The molecule has 18 heavy (non-hydrogen) atoms. The molecule has 7 heteroatoms. The minimum atomic E-state index is -0.310. The Bertz CT molecular complexity index is 551. The second-order valence-electron chi connectivity index (χ2n) is 4.10. The van der Waals surface area contributed by atoms with Gasteiger partial charge in [-0.3, -0.25) is 4.79 Å². The summed E-state index contributed by atoms with van der Waals surface area (Å²) < 4.78 is 4.70. The molecule has 1 N–H and O–H groups in total. The number of methoxy groups -OCH3 is 1. The molecule has 0 saturated carbocycles. The number of aromatic nitrogens is 4. The van der Waals surface area contributed by atoms with Crippen LogP contribution in [0.2, 0.25) is 0 Å². The van der Waals surface area contributed by atoms with Crippen LogP contribution in [0.15, 0.2) is 12.7 Å². The van der Waals surface area contributed by atoms with Gasteiger partial charge in [0.25, 0.3) is 0 Å². The summed E-state index contributed by atoms with van der Waals surface area (Å²) in [7, 11) is 1.37. The van der Waals surface area contributed by atoms with Gasteiger partial charge >= 0.3 is 5.97 Å². The Morgan fingerprint density at radius 3 is 2.89 bits per heavy atom. The van der Waals surface area contributed by atoms with E-state index in [4.69, 9.17) is 4.74 Å². The Morgan fingerprint density at radius 2 is 2.22 bits per heavy atom. The van der Waals surface area contributed by atoms with Gasteiger partial charge in [0.05, 0.1) is 13.4 Å². The molecule has 0 spiro atoms. The maximum absolute atomic E-state index is 11.4. The van der Waals surface area contributed by atoms with Crippen LogP contribution in [0.25, 0.3) is 11.2 Å². The number of aromatic amines is 1. The number of esters is 1. The Balaban J connectivity index is 2.41. The van der Waals surface area contributed by atoms with Gasteiger partial charge in [-0.2, -0.15) is 0 Å². The van der Waals surface area contributed by atoms with E-state index < -0.39 is 0 Å². The van der Waals surface area contributed by atoms with Gasteiger partial charge in [0.15, 0.2) is 11.5 Å². The summed E-state index contributed by atoms with van der Waals surface area (Å²) in [5.41, 5.74) is 1.30. The lowest BCUT2D eigenvalue weighted by Gasteiger charge is -2.26. The Labute approximate surface area is 104 Å². The van der Waals surface area contributed by atoms with Crippen LogP contribution < -0.4 is 4.90 Å². The van der Waals surface area contributed by atoms with Crippen LogP contribution in [-0.2, 0) is 9.53 Å². The summed E-state index contributed by atoms with van der Waals surface area (Å²) in [5, 5.41) is 0. The summed E-state index contributed by atoms with van der Waals surface area (Å²) in [6.07, 6.45) is 2.99. The number of ether oxygens (including phenoxy) is 1. The Morgan fingerprint density at radius 1 is 1.44 bits per heavy atom. The standard InChI is InChI=1S/C11H15N5O2/c1-7(2)16(4-8(17)18-3)11-9-10(13-5-12-9)14-6-15-11/h5-7H,4H2,1-3H3,(H,12,13,14,15). The average Bonchev–Trinajstić information content (AvgIpc) is 2.83. The molecule has 0 fully saturated rings. The number of carbonyl (C=O) groups excluding carboxylic acids is 1. The molecule has 0 radical (unpaired) electrons. The molecule has 0 amide bonds. The zero-order valence-electron chi connectivity index (χ0n) is 10.5. The fraction of sp³-hybridized carbons (Fsp3) is 0.455. The highest BCUT2D eigenvalue weighted by molar-refractivity contribution is 5.85. The second kappa shape index (κ2) is 4.99. The van der Waals surface area contributed by atoms with Gasteiger partial charge in [0.1, 0.15) is 18.4 Å². The smallest absolute Gasteiger partial charge is 0.325 e. The van der Waals surface area contributed by atoms with Crippen molar-refractivity contribution in [1.82, 2.24) is 19.9 Å². The molecule has 0 aliphatic rings. The first-order valence-electron chi connectivity index (χ1n) is 5.61. The van der Waals surface area contributed by atoms with Gasteiger partial charge < -0.3 is 14.6 Å². The van der Waals surface area contributed by atoms with E-state index in [0.717, 1.165) is 5.52 Å². The highest BCUT2D eigenvalue weighted by Gasteiger charge is 2.19. The van der Waals surface area contributed by atoms with E-state index in [1.54, 1.807) is 6.33 Å². The lowest BCUT2D eigenvalue weighted by Crippen LogP contribution is -2.37. The van der Waals surface area contributed by atoms with Crippen molar-refractivity contribution in [3.8, 4) is 0 Å². The maximum atomic E-state index is 11.4. The van der Waals surface area contributed by atoms with Crippen molar-refractivity contribution in [2.75, 3.05) is 18.6 Å². The molecule has 0 aromatic carbocycles. The van der Waals surface area contributed by atoms with Gasteiger partial charge in [-0.15, -0.1) is 0 Å². The number of nitrogens with zero attached hydrogens (tertiary/aromatic N) is 4. The quantitative estimate of drug-likeness (QED) is 0.804. The molecule has 2 heterocycles. The predicted molar refractivity (Wildman–Crippen MR) is 66.2 cm³/mol.